The molecule has 7 nitrogen and oxygen atoms in total. The van der Waals surface area contributed by atoms with Gasteiger partial charge in [0.1, 0.15) is 24.1 Å². The van der Waals surface area contributed by atoms with Crippen molar-refractivity contribution in [1.82, 2.24) is 4.90 Å². The number of ether oxygens (including phenoxy) is 4. The Labute approximate surface area is 118 Å². The van der Waals surface area contributed by atoms with E-state index < -0.39 is 0 Å². The number of hydrogen-bond acceptors (Lipinski definition) is 7. The van der Waals surface area contributed by atoms with Crippen LogP contribution in [0.3, 0.4) is 0 Å². The van der Waals surface area contributed by atoms with Crippen LogP contribution in [0.2, 0.25) is 0 Å². The predicted octanol–water partition coefficient (Wildman–Crippen LogP) is 0.570. The summed E-state index contributed by atoms with van der Waals surface area (Å²) in [6.07, 6.45) is -0.114. The van der Waals surface area contributed by atoms with Gasteiger partial charge >= 0.3 is 0 Å². The van der Waals surface area contributed by atoms with Gasteiger partial charge in [-0.25, -0.2) is 0 Å². The molecule has 1 heterocycles. The van der Waals surface area contributed by atoms with Crippen LogP contribution in [0.5, 0.6) is 23.0 Å². The molecule has 0 spiro atoms. The van der Waals surface area contributed by atoms with Crippen molar-refractivity contribution < 1.29 is 18.9 Å². The SMILES string of the molecule is COc1c(N)c2c(c(N)c1OC)OC(CN(C)C)CO2. The fourth-order valence-corrected chi connectivity index (χ4v) is 2.24. The van der Waals surface area contributed by atoms with Crippen molar-refractivity contribution >= 4 is 11.4 Å². The summed E-state index contributed by atoms with van der Waals surface area (Å²) in [5.41, 5.74) is 12.8. The second-order valence-corrected chi connectivity index (χ2v) is 4.87. The minimum atomic E-state index is -0.114. The van der Waals surface area contributed by atoms with Gasteiger partial charge in [-0.3, -0.25) is 0 Å². The zero-order chi connectivity index (χ0) is 14.9. The number of nitrogen functional groups attached to an aromatic ring is 2. The molecule has 0 fully saturated rings. The third kappa shape index (κ3) is 2.36. The van der Waals surface area contributed by atoms with E-state index in [4.69, 9.17) is 30.4 Å². The molecule has 0 bridgehead atoms. The first-order valence-corrected chi connectivity index (χ1v) is 6.26. The van der Waals surface area contributed by atoms with E-state index in [0.29, 0.717) is 47.5 Å². The molecule has 0 radical (unpaired) electrons. The average molecular weight is 283 g/mol. The number of methoxy groups -OCH3 is 2. The van der Waals surface area contributed by atoms with Crippen LogP contribution in [0, 0.1) is 0 Å². The fraction of sp³-hybridized carbons (Fsp3) is 0.538. The molecular weight excluding hydrogens is 262 g/mol. The zero-order valence-electron chi connectivity index (χ0n) is 12.2. The summed E-state index contributed by atoms with van der Waals surface area (Å²) in [4.78, 5) is 2.01. The molecular formula is C13H21N3O4. The Balaban J connectivity index is 2.44. The van der Waals surface area contributed by atoms with E-state index in [1.807, 2.05) is 19.0 Å². The van der Waals surface area contributed by atoms with Gasteiger partial charge in [-0.2, -0.15) is 0 Å². The number of likely N-dealkylation sites (N-methyl/N-ethyl adjacent to an activating group) is 1. The second kappa shape index (κ2) is 5.54. The first kappa shape index (κ1) is 14.4. The van der Waals surface area contributed by atoms with Gasteiger partial charge in [0.05, 0.1) is 14.2 Å². The van der Waals surface area contributed by atoms with Gasteiger partial charge in [-0.1, -0.05) is 0 Å². The summed E-state index contributed by atoms with van der Waals surface area (Å²) in [7, 11) is 6.93. The van der Waals surface area contributed by atoms with Gasteiger partial charge in [0, 0.05) is 6.54 Å². The monoisotopic (exact) mass is 283 g/mol. The number of hydrogen-bond donors (Lipinski definition) is 2. The molecule has 20 heavy (non-hydrogen) atoms. The van der Waals surface area contributed by atoms with Crippen molar-refractivity contribution in [3.63, 3.8) is 0 Å². The topological polar surface area (TPSA) is 92.2 Å². The highest BCUT2D eigenvalue weighted by Gasteiger charge is 2.31. The summed E-state index contributed by atoms with van der Waals surface area (Å²) in [6, 6.07) is 0. The van der Waals surface area contributed by atoms with E-state index >= 15 is 0 Å². The third-order valence-corrected chi connectivity index (χ3v) is 3.07. The van der Waals surface area contributed by atoms with Crippen molar-refractivity contribution in [2.75, 3.05) is 52.9 Å². The van der Waals surface area contributed by atoms with Gasteiger partial charge < -0.3 is 35.3 Å². The maximum absolute atomic E-state index is 6.07. The third-order valence-electron chi connectivity index (χ3n) is 3.07. The van der Waals surface area contributed by atoms with Gasteiger partial charge in [0.15, 0.2) is 23.0 Å². The number of rotatable bonds is 4. The molecule has 1 aliphatic rings. The first-order valence-electron chi connectivity index (χ1n) is 6.26. The lowest BCUT2D eigenvalue weighted by Gasteiger charge is -2.31. The quantitative estimate of drug-likeness (QED) is 0.780. The van der Waals surface area contributed by atoms with Crippen LogP contribution in [-0.4, -0.2) is 52.5 Å². The highest BCUT2D eigenvalue weighted by Crippen LogP contribution is 2.53. The molecule has 1 aromatic rings. The van der Waals surface area contributed by atoms with E-state index in [-0.39, 0.29) is 6.10 Å². The number of benzene rings is 1. The molecule has 1 atom stereocenters. The molecule has 1 aliphatic heterocycles. The van der Waals surface area contributed by atoms with Crippen LogP contribution in [0.15, 0.2) is 0 Å². The Morgan fingerprint density at radius 3 is 2.15 bits per heavy atom. The van der Waals surface area contributed by atoms with Crippen molar-refractivity contribution in [2.45, 2.75) is 6.10 Å². The predicted molar refractivity (Wildman–Crippen MR) is 76.8 cm³/mol. The highest BCUT2D eigenvalue weighted by molar-refractivity contribution is 5.84. The Bertz CT molecular complexity index is 505. The molecule has 0 aliphatic carbocycles. The molecule has 2 rings (SSSR count). The lowest BCUT2D eigenvalue weighted by molar-refractivity contribution is 0.0720. The van der Waals surface area contributed by atoms with Gasteiger partial charge in [-0.15, -0.1) is 0 Å². The molecule has 0 amide bonds. The summed E-state index contributed by atoms with van der Waals surface area (Å²) in [5.74, 6) is 1.55. The second-order valence-electron chi connectivity index (χ2n) is 4.87. The Morgan fingerprint density at radius 2 is 1.65 bits per heavy atom. The summed E-state index contributed by atoms with van der Waals surface area (Å²) in [6.45, 7) is 1.12. The number of fused-ring (bicyclic) bond motifs is 1. The lowest BCUT2D eigenvalue weighted by Crippen LogP contribution is -2.38. The van der Waals surface area contributed by atoms with Crippen molar-refractivity contribution in [3.8, 4) is 23.0 Å². The van der Waals surface area contributed by atoms with E-state index in [1.54, 1.807) is 0 Å². The first-order chi connectivity index (χ1) is 9.49. The Morgan fingerprint density at radius 1 is 1.10 bits per heavy atom. The van der Waals surface area contributed by atoms with Crippen LogP contribution in [0.25, 0.3) is 0 Å². The van der Waals surface area contributed by atoms with Gasteiger partial charge in [0.2, 0.25) is 0 Å². The molecule has 4 N–H and O–H groups in total. The minimum absolute atomic E-state index is 0.114. The smallest absolute Gasteiger partial charge is 0.191 e. The van der Waals surface area contributed by atoms with Gasteiger partial charge in [-0.05, 0) is 14.1 Å². The summed E-state index contributed by atoms with van der Waals surface area (Å²) >= 11 is 0. The van der Waals surface area contributed by atoms with Gasteiger partial charge in [0.25, 0.3) is 0 Å². The number of nitrogens with zero attached hydrogens (tertiary/aromatic N) is 1. The lowest BCUT2D eigenvalue weighted by atomic mass is 10.1. The molecule has 7 heteroatoms. The fourth-order valence-electron chi connectivity index (χ4n) is 2.24. The highest BCUT2D eigenvalue weighted by atomic mass is 16.6. The number of nitrogens with two attached hydrogens (primary N) is 2. The van der Waals surface area contributed by atoms with E-state index in [0.717, 1.165) is 0 Å². The van der Waals surface area contributed by atoms with Crippen LogP contribution in [-0.2, 0) is 0 Å². The summed E-state index contributed by atoms with van der Waals surface area (Å²) in [5, 5.41) is 0. The van der Waals surface area contributed by atoms with Crippen molar-refractivity contribution in [3.05, 3.63) is 0 Å². The largest absolute Gasteiger partial charge is 0.491 e. The van der Waals surface area contributed by atoms with Crippen LogP contribution in [0.1, 0.15) is 0 Å². The molecule has 0 saturated heterocycles. The maximum Gasteiger partial charge on any atom is 0.191 e. The molecule has 1 aromatic carbocycles. The molecule has 0 aromatic heterocycles. The Hall–Kier alpha value is -2.02. The molecule has 112 valence electrons. The molecule has 0 saturated carbocycles. The average Bonchev–Trinajstić information content (AvgIpc) is 2.41. The van der Waals surface area contributed by atoms with Crippen molar-refractivity contribution in [2.24, 2.45) is 0 Å². The van der Waals surface area contributed by atoms with Crippen LogP contribution < -0.4 is 30.4 Å². The van der Waals surface area contributed by atoms with E-state index in [1.165, 1.54) is 14.2 Å². The standard InChI is InChI=1S/C13H21N3O4/c1-16(2)5-7-6-19-12-8(14)10(17-3)11(18-4)9(15)13(12)20-7/h7H,5-6,14-15H2,1-4H3. The van der Waals surface area contributed by atoms with E-state index in [9.17, 15) is 0 Å². The number of anilines is 2. The minimum Gasteiger partial charge on any atom is -0.491 e. The zero-order valence-corrected chi connectivity index (χ0v) is 12.2. The molecule has 1 unspecified atom stereocenters. The van der Waals surface area contributed by atoms with Crippen LogP contribution >= 0.6 is 0 Å². The normalized spacial score (nSPS) is 17.1. The van der Waals surface area contributed by atoms with Crippen molar-refractivity contribution in [1.29, 1.82) is 0 Å². The Kier molecular flexibility index (Phi) is 3.99. The maximum atomic E-state index is 6.07. The van der Waals surface area contributed by atoms with Crippen LogP contribution in [0.4, 0.5) is 11.4 Å². The van der Waals surface area contributed by atoms with E-state index in [2.05, 4.69) is 0 Å². The summed E-state index contributed by atoms with van der Waals surface area (Å²) < 4.78 is 22.1.